The average molecular weight is 253 g/mol. The first kappa shape index (κ1) is 14.6. The van der Waals surface area contributed by atoms with Gasteiger partial charge in [-0.1, -0.05) is 0 Å². The highest BCUT2D eigenvalue weighted by molar-refractivity contribution is 5.51. The van der Waals surface area contributed by atoms with Crippen LogP contribution >= 0.6 is 0 Å². The van der Waals surface area contributed by atoms with Crippen molar-refractivity contribution in [2.75, 3.05) is 28.4 Å². The fourth-order valence-corrected chi connectivity index (χ4v) is 1.80. The van der Waals surface area contributed by atoms with Crippen LogP contribution in [0.15, 0.2) is 12.1 Å². The van der Waals surface area contributed by atoms with E-state index in [-0.39, 0.29) is 5.54 Å². The van der Waals surface area contributed by atoms with E-state index in [0.29, 0.717) is 5.75 Å². The second-order valence-corrected chi connectivity index (χ2v) is 4.83. The first-order valence-corrected chi connectivity index (χ1v) is 5.95. The molecule has 1 rings (SSSR count). The lowest BCUT2D eigenvalue weighted by Crippen LogP contribution is -2.38. The molecule has 18 heavy (non-hydrogen) atoms. The summed E-state index contributed by atoms with van der Waals surface area (Å²) in [4.78, 5) is 0. The number of rotatable bonds is 6. The van der Waals surface area contributed by atoms with Gasteiger partial charge in [0.1, 0.15) is 5.75 Å². The summed E-state index contributed by atoms with van der Waals surface area (Å²) < 4.78 is 16.0. The molecule has 0 saturated heterocycles. The van der Waals surface area contributed by atoms with Crippen LogP contribution in [0.3, 0.4) is 0 Å². The molecule has 0 amide bonds. The Morgan fingerprint density at radius 3 is 1.89 bits per heavy atom. The van der Waals surface area contributed by atoms with Crippen LogP contribution in [0, 0.1) is 0 Å². The highest BCUT2D eigenvalue weighted by Crippen LogP contribution is 2.36. The summed E-state index contributed by atoms with van der Waals surface area (Å²) in [6.07, 6.45) is 0.840. The number of methoxy groups -OCH3 is 3. The standard InChI is InChI=1S/C14H23NO3/c1-14(2,15-3)9-10-7-12(17-5)13(18-6)8-11(10)16-4/h7-8,15H,9H2,1-6H3. The zero-order valence-corrected chi connectivity index (χ0v) is 12.1. The molecule has 0 aliphatic heterocycles. The third-order valence-corrected chi connectivity index (χ3v) is 3.10. The number of hydrogen-bond donors (Lipinski definition) is 1. The van der Waals surface area contributed by atoms with Gasteiger partial charge in [0.25, 0.3) is 0 Å². The van der Waals surface area contributed by atoms with E-state index >= 15 is 0 Å². The van der Waals surface area contributed by atoms with Crippen LogP contribution in [-0.2, 0) is 6.42 Å². The van der Waals surface area contributed by atoms with Crippen LogP contribution in [0.1, 0.15) is 19.4 Å². The van der Waals surface area contributed by atoms with Gasteiger partial charge in [0.2, 0.25) is 0 Å². The molecule has 0 spiro atoms. The van der Waals surface area contributed by atoms with E-state index in [4.69, 9.17) is 14.2 Å². The lowest BCUT2D eigenvalue weighted by molar-refractivity contribution is 0.344. The summed E-state index contributed by atoms with van der Waals surface area (Å²) in [5.74, 6) is 2.22. The Morgan fingerprint density at radius 1 is 0.944 bits per heavy atom. The maximum atomic E-state index is 5.41. The number of benzene rings is 1. The van der Waals surface area contributed by atoms with Gasteiger partial charge < -0.3 is 19.5 Å². The van der Waals surface area contributed by atoms with Crippen LogP contribution in [0.2, 0.25) is 0 Å². The molecule has 0 bridgehead atoms. The molecule has 1 aromatic rings. The summed E-state index contributed by atoms with van der Waals surface area (Å²) >= 11 is 0. The van der Waals surface area contributed by atoms with E-state index in [2.05, 4.69) is 19.2 Å². The Kier molecular flexibility index (Phi) is 4.84. The summed E-state index contributed by atoms with van der Waals surface area (Å²) in [7, 11) is 6.87. The highest BCUT2D eigenvalue weighted by atomic mass is 16.5. The Labute approximate surface area is 109 Å². The number of hydrogen-bond acceptors (Lipinski definition) is 4. The van der Waals surface area contributed by atoms with Gasteiger partial charge in [-0.15, -0.1) is 0 Å². The Morgan fingerprint density at radius 2 is 1.44 bits per heavy atom. The molecule has 0 atom stereocenters. The van der Waals surface area contributed by atoms with Crippen LogP contribution < -0.4 is 19.5 Å². The van der Waals surface area contributed by atoms with Crippen molar-refractivity contribution >= 4 is 0 Å². The van der Waals surface area contributed by atoms with Gasteiger partial charge in [0, 0.05) is 11.6 Å². The maximum absolute atomic E-state index is 5.41. The quantitative estimate of drug-likeness (QED) is 0.844. The van der Waals surface area contributed by atoms with Gasteiger partial charge in [0.15, 0.2) is 11.5 Å². The molecular formula is C14H23NO3. The van der Waals surface area contributed by atoms with Crippen molar-refractivity contribution in [3.8, 4) is 17.2 Å². The first-order chi connectivity index (χ1) is 8.47. The fraction of sp³-hybridized carbons (Fsp3) is 0.571. The normalized spacial score (nSPS) is 11.2. The predicted molar refractivity (Wildman–Crippen MR) is 72.9 cm³/mol. The molecule has 0 saturated carbocycles. The van der Waals surface area contributed by atoms with E-state index < -0.39 is 0 Å². The van der Waals surface area contributed by atoms with Crippen molar-refractivity contribution in [3.05, 3.63) is 17.7 Å². The summed E-state index contributed by atoms with van der Waals surface area (Å²) in [6, 6.07) is 3.83. The highest BCUT2D eigenvalue weighted by Gasteiger charge is 2.20. The SMILES string of the molecule is CNC(C)(C)Cc1cc(OC)c(OC)cc1OC. The van der Waals surface area contributed by atoms with E-state index in [1.54, 1.807) is 21.3 Å². The van der Waals surface area contributed by atoms with Gasteiger partial charge in [0.05, 0.1) is 21.3 Å². The number of nitrogens with one attached hydrogen (secondary N) is 1. The van der Waals surface area contributed by atoms with Crippen molar-refractivity contribution in [1.82, 2.24) is 5.32 Å². The van der Waals surface area contributed by atoms with E-state index in [1.807, 2.05) is 19.2 Å². The van der Waals surface area contributed by atoms with E-state index in [0.717, 1.165) is 23.5 Å². The summed E-state index contributed by atoms with van der Waals surface area (Å²) in [6.45, 7) is 4.28. The molecule has 1 N–H and O–H groups in total. The Bertz CT molecular complexity index is 402. The smallest absolute Gasteiger partial charge is 0.164 e. The van der Waals surface area contributed by atoms with Crippen LogP contribution in [0.25, 0.3) is 0 Å². The molecular weight excluding hydrogens is 230 g/mol. The van der Waals surface area contributed by atoms with Crippen molar-refractivity contribution in [1.29, 1.82) is 0 Å². The molecule has 4 nitrogen and oxygen atoms in total. The average Bonchev–Trinajstić information content (AvgIpc) is 2.37. The molecule has 4 heteroatoms. The van der Waals surface area contributed by atoms with Crippen molar-refractivity contribution in [2.45, 2.75) is 25.8 Å². The number of ether oxygens (including phenoxy) is 3. The minimum absolute atomic E-state index is 0.00706. The third-order valence-electron chi connectivity index (χ3n) is 3.10. The zero-order valence-electron chi connectivity index (χ0n) is 12.1. The molecule has 0 aliphatic carbocycles. The van der Waals surface area contributed by atoms with Crippen molar-refractivity contribution in [3.63, 3.8) is 0 Å². The summed E-state index contributed by atoms with van der Waals surface area (Å²) in [5.41, 5.74) is 1.09. The largest absolute Gasteiger partial charge is 0.496 e. The van der Waals surface area contributed by atoms with Crippen molar-refractivity contribution < 1.29 is 14.2 Å². The monoisotopic (exact) mass is 253 g/mol. The molecule has 0 heterocycles. The van der Waals surface area contributed by atoms with Gasteiger partial charge in [-0.25, -0.2) is 0 Å². The van der Waals surface area contributed by atoms with E-state index in [1.165, 1.54) is 0 Å². The van der Waals surface area contributed by atoms with Gasteiger partial charge in [-0.3, -0.25) is 0 Å². The minimum atomic E-state index is -0.00706. The molecule has 0 aromatic heterocycles. The van der Waals surface area contributed by atoms with Crippen LogP contribution in [0.4, 0.5) is 0 Å². The zero-order chi connectivity index (χ0) is 13.8. The predicted octanol–water partition coefficient (Wildman–Crippen LogP) is 2.25. The van der Waals surface area contributed by atoms with Gasteiger partial charge >= 0.3 is 0 Å². The third kappa shape index (κ3) is 3.29. The van der Waals surface area contributed by atoms with Crippen molar-refractivity contribution in [2.24, 2.45) is 0 Å². The second kappa shape index (κ2) is 5.96. The summed E-state index contributed by atoms with van der Waals surface area (Å²) in [5, 5.41) is 3.28. The topological polar surface area (TPSA) is 39.7 Å². The number of likely N-dealkylation sites (N-methyl/N-ethyl adjacent to an activating group) is 1. The fourth-order valence-electron chi connectivity index (χ4n) is 1.80. The van der Waals surface area contributed by atoms with Gasteiger partial charge in [-0.05, 0) is 38.9 Å². The minimum Gasteiger partial charge on any atom is -0.496 e. The molecule has 102 valence electrons. The molecule has 0 radical (unpaired) electrons. The van der Waals surface area contributed by atoms with Crippen LogP contribution in [-0.4, -0.2) is 33.9 Å². The molecule has 0 fully saturated rings. The Balaban J connectivity index is 3.17. The first-order valence-electron chi connectivity index (χ1n) is 5.95. The lowest BCUT2D eigenvalue weighted by atomic mass is 9.94. The molecule has 0 aliphatic rings. The lowest BCUT2D eigenvalue weighted by Gasteiger charge is -2.25. The van der Waals surface area contributed by atoms with E-state index in [9.17, 15) is 0 Å². The van der Waals surface area contributed by atoms with Gasteiger partial charge in [-0.2, -0.15) is 0 Å². The maximum Gasteiger partial charge on any atom is 0.164 e. The van der Waals surface area contributed by atoms with Crippen LogP contribution in [0.5, 0.6) is 17.2 Å². The Hall–Kier alpha value is -1.42. The molecule has 0 unspecified atom stereocenters. The molecule has 1 aromatic carbocycles. The second-order valence-electron chi connectivity index (χ2n) is 4.83.